The molecule has 2 amide bonds. The predicted octanol–water partition coefficient (Wildman–Crippen LogP) is 1.40. The molecule has 3 N–H and O–H groups in total. The number of fused-ring (bicyclic) bond motifs is 3. The van der Waals surface area contributed by atoms with Crippen LogP contribution in [-0.2, 0) is 0 Å². The molecule has 26 heavy (non-hydrogen) atoms. The summed E-state index contributed by atoms with van der Waals surface area (Å²) < 4.78 is 2.17. The van der Waals surface area contributed by atoms with Gasteiger partial charge in [-0.15, -0.1) is 0 Å². The van der Waals surface area contributed by atoms with Gasteiger partial charge in [-0.25, -0.2) is 14.8 Å². The van der Waals surface area contributed by atoms with E-state index >= 15 is 0 Å². The standard InChI is InChI=1S/C18H23N7O/c1-11-3-5-23(18(26)24-8-12(19)9-24)10-14(11)17-22-7-13-6-21-16-15(25(13)17)2-4-20-16/h2,4,6-7,11-12,14,20H,3,5,8-10,19H2,1H3/t11-,14+/m0/s1. The van der Waals surface area contributed by atoms with Gasteiger partial charge in [0.15, 0.2) is 5.65 Å². The molecule has 0 aliphatic carbocycles. The molecule has 3 aromatic rings. The molecular formula is C18H23N7O. The molecule has 0 radical (unpaired) electrons. The summed E-state index contributed by atoms with van der Waals surface area (Å²) in [6.45, 7) is 5.07. The Balaban J connectivity index is 1.49. The number of rotatable bonds is 1. The van der Waals surface area contributed by atoms with E-state index < -0.39 is 0 Å². The summed E-state index contributed by atoms with van der Waals surface area (Å²) in [4.78, 5) is 28.9. The number of hydrogen-bond acceptors (Lipinski definition) is 4. The number of nitrogens with two attached hydrogens (primary N) is 1. The Morgan fingerprint density at radius 1 is 1.23 bits per heavy atom. The molecule has 0 bridgehead atoms. The second-order valence-corrected chi connectivity index (χ2v) is 7.61. The van der Waals surface area contributed by atoms with E-state index in [0.717, 1.165) is 35.5 Å². The van der Waals surface area contributed by atoms with E-state index in [2.05, 4.69) is 21.3 Å². The third-order valence-electron chi connectivity index (χ3n) is 5.83. The number of nitrogens with one attached hydrogen (secondary N) is 1. The van der Waals surface area contributed by atoms with Gasteiger partial charge in [-0.2, -0.15) is 0 Å². The van der Waals surface area contributed by atoms with Gasteiger partial charge < -0.3 is 20.5 Å². The van der Waals surface area contributed by atoms with Crippen molar-refractivity contribution >= 4 is 22.7 Å². The van der Waals surface area contributed by atoms with Crippen LogP contribution in [0.15, 0.2) is 24.7 Å². The number of piperidine rings is 1. The quantitative estimate of drug-likeness (QED) is 0.691. The van der Waals surface area contributed by atoms with Gasteiger partial charge in [0.1, 0.15) is 5.82 Å². The largest absolute Gasteiger partial charge is 0.345 e. The number of urea groups is 1. The maximum atomic E-state index is 12.7. The first kappa shape index (κ1) is 15.6. The van der Waals surface area contributed by atoms with Crippen LogP contribution in [0.25, 0.3) is 16.7 Å². The van der Waals surface area contributed by atoms with Gasteiger partial charge in [-0.3, -0.25) is 4.40 Å². The maximum Gasteiger partial charge on any atom is 0.320 e. The van der Waals surface area contributed by atoms with Gasteiger partial charge in [-0.05, 0) is 18.4 Å². The minimum atomic E-state index is 0.109. The summed E-state index contributed by atoms with van der Waals surface area (Å²) in [7, 11) is 0. The van der Waals surface area contributed by atoms with Crippen molar-refractivity contribution in [1.29, 1.82) is 0 Å². The Morgan fingerprint density at radius 2 is 2.04 bits per heavy atom. The van der Waals surface area contributed by atoms with Crippen molar-refractivity contribution in [3.8, 4) is 0 Å². The molecule has 2 saturated heterocycles. The third kappa shape index (κ3) is 2.28. The van der Waals surface area contributed by atoms with Crippen LogP contribution < -0.4 is 5.73 Å². The third-order valence-corrected chi connectivity index (χ3v) is 5.83. The van der Waals surface area contributed by atoms with Crippen LogP contribution >= 0.6 is 0 Å². The molecular weight excluding hydrogens is 330 g/mol. The first-order chi connectivity index (χ1) is 12.6. The van der Waals surface area contributed by atoms with Crippen molar-refractivity contribution in [2.24, 2.45) is 11.7 Å². The van der Waals surface area contributed by atoms with Gasteiger partial charge in [0, 0.05) is 44.3 Å². The molecule has 136 valence electrons. The van der Waals surface area contributed by atoms with E-state index in [1.807, 2.05) is 34.5 Å². The Morgan fingerprint density at radius 3 is 2.85 bits per heavy atom. The summed E-state index contributed by atoms with van der Waals surface area (Å²) in [6.07, 6.45) is 6.59. The highest BCUT2D eigenvalue weighted by Gasteiger charge is 2.37. The minimum Gasteiger partial charge on any atom is -0.345 e. The molecule has 5 heterocycles. The zero-order chi connectivity index (χ0) is 17.8. The van der Waals surface area contributed by atoms with Gasteiger partial charge in [0.25, 0.3) is 0 Å². The van der Waals surface area contributed by atoms with E-state index in [1.165, 1.54) is 0 Å². The second-order valence-electron chi connectivity index (χ2n) is 7.61. The highest BCUT2D eigenvalue weighted by atomic mass is 16.2. The number of aromatic nitrogens is 4. The van der Waals surface area contributed by atoms with E-state index in [4.69, 9.17) is 10.7 Å². The molecule has 0 saturated carbocycles. The zero-order valence-electron chi connectivity index (χ0n) is 14.8. The number of aromatic amines is 1. The molecule has 0 unspecified atom stereocenters. The highest BCUT2D eigenvalue weighted by Crippen LogP contribution is 2.33. The summed E-state index contributed by atoms with van der Waals surface area (Å²) in [6, 6.07) is 2.26. The molecule has 8 nitrogen and oxygen atoms in total. The molecule has 2 aliphatic heterocycles. The number of hydrogen-bond donors (Lipinski definition) is 2. The lowest BCUT2D eigenvalue weighted by Crippen LogP contribution is -2.62. The fourth-order valence-electron chi connectivity index (χ4n) is 4.21. The van der Waals surface area contributed by atoms with E-state index in [9.17, 15) is 4.79 Å². The van der Waals surface area contributed by atoms with Crippen molar-refractivity contribution in [2.45, 2.75) is 25.3 Å². The van der Waals surface area contributed by atoms with Crippen LogP contribution in [0.5, 0.6) is 0 Å². The lowest BCUT2D eigenvalue weighted by molar-refractivity contribution is 0.0957. The van der Waals surface area contributed by atoms with Crippen LogP contribution in [0, 0.1) is 5.92 Å². The Hall–Kier alpha value is -2.61. The lowest BCUT2D eigenvalue weighted by atomic mass is 9.86. The summed E-state index contributed by atoms with van der Waals surface area (Å²) >= 11 is 0. The number of imidazole rings is 1. The number of carbonyl (C=O) groups is 1. The van der Waals surface area contributed by atoms with Gasteiger partial charge in [0.05, 0.1) is 23.4 Å². The average Bonchev–Trinajstić information content (AvgIpc) is 3.24. The fourth-order valence-corrected chi connectivity index (χ4v) is 4.21. The normalized spacial score (nSPS) is 24.4. The minimum absolute atomic E-state index is 0.109. The molecule has 0 aromatic carbocycles. The first-order valence-electron chi connectivity index (χ1n) is 9.20. The second kappa shape index (κ2) is 5.70. The maximum absolute atomic E-state index is 12.7. The highest BCUT2D eigenvalue weighted by molar-refractivity contribution is 5.76. The summed E-state index contributed by atoms with van der Waals surface area (Å²) in [5.41, 5.74) is 8.69. The Labute approximate surface area is 151 Å². The van der Waals surface area contributed by atoms with Gasteiger partial charge >= 0.3 is 6.03 Å². The van der Waals surface area contributed by atoms with Crippen LogP contribution in [0.1, 0.15) is 25.1 Å². The smallest absolute Gasteiger partial charge is 0.320 e. The molecule has 0 spiro atoms. The van der Waals surface area contributed by atoms with Crippen molar-refractivity contribution in [3.63, 3.8) is 0 Å². The topological polar surface area (TPSA) is 95.6 Å². The molecule has 2 atom stereocenters. The Bertz CT molecular complexity index is 970. The fraction of sp³-hybridized carbons (Fsp3) is 0.500. The molecule has 2 fully saturated rings. The summed E-state index contributed by atoms with van der Waals surface area (Å²) in [5.74, 6) is 1.67. The van der Waals surface area contributed by atoms with Crippen LogP contribution in [0.4, 0.5) is 4.79 Å². The monoisotopic (exact) mass is 353 g/mol. The number of amides is 2. The molecule has 2 aliphatic rings. The molecule has 3 aromatic heterocycles. The van der Waals surface area contributed by atoms with Crippen molar-refractivity contribution in [3.05, 3.63) is 30.5 Å². The average molecular weight is 353 g/mol. The lowest BCUT2D eigenvalue weighted by Gasteiger charge is -2.43. The van der Waals surface area contributed by atoms with Gasteiger partial charge in [-0.1, -0.05) is 6.92 Å². The van der Waals surface area contributed by atoms with Gasteiger partial charge in [0.2, 0.25) is 0 Å². The van der Waals surface area contributed by atoms with Crippen LogP contribution in [0.2, 0.25) is 0 Å². The summed E-state index contributed by atoms with van der Waals surface area (Å²) in [5, 5.41) is 0. The first-order valence-corrected chi connectivity index (χ1v) is 9.20. The zero-order valence-corrected chi connectivity index (χ0v) is 14.8. The van der Waals surface area contributed by atoms with Crippen LogP contribution in [0.3, 0.4) is 0 Å². The SMILES string of the molecule is C[C@H]1CCN(C(=O)N2CC(N)C2)C[C@H]1c1ncc2cnc3[nH]ccc3n12. The van der Waals surface area contributed by atoms with Crippen molar-refractivity contribution in [2.75, 3.05) is 26.2 Å². The number of carbonyl (C=O) groups excluding carboxylic acids is 1. The van der Waals surface area contributed by atoms with Crippen LogP contribution in [-0.4, -0.2) is 67.4 Å². The number of nitrogens with zero attached hydrogens (tertiary/aromatic N) is 5. The Kier molecular flexibility index (Phi) is 3.43. The van der Waals surface area contributed by atoms with E-state index in [1.54, 1.807) is 0 Å². The molecule has 5 rings (SSSR count). The number of likely N-dealkylation sites (tertiary alicyclic amines) is 2. The van der Waals surface area contributed by atoms with Crippen molar-refractivity contribution < 1.29 is 4.79 Å². The van der Waals surface area contributed by atoms with E-state index in [-0.39, 0.29) is 18.0 Å². The number of H-pyrrole nitrogens is 1. The molecule has 8 heteroatoms. The van der Waals surface area contributed by atoms with E-state index in [0.29, 0.717) is 25.6 Å². The predicted molar refractivity (Wildman–Crippen MR) is 97.9 cm³/mol. The van der Waals surface area contributed by atoms with Crippen molar-refractivity contribution in [1.82, 2.24) is 29.2 Å².